The number of amides is 1. The molecule has 1 fully saturated rings. The SMILES string of the molecule is CC(OC(=O)c1ccc(Cl)c(S(=O)(=O)N2CCOCC2)c1)C(=O)Nc1ccc(Cl)cn1. The fraction of sp³-hybridized carbons (Fsp3) is 0.316. The quantitative estimate of drug-likeness (QED) is 0.622. The molecule has 3 rings (SSSR count). The van der Waals surface area contributed by atoms with E-state index in [1.54, 1.807) is 6.07 Å². The number of pyridine rings is 1. The van der Waals surface area contributed by atoms with E-state index in [0.717, 1.165) is 6.07 Å². The molecule has 1 saturated heterocycles. The van der Waals surface area contributed by atoms with Gasteiger partial charge in [0, 0.05) is 19.3 Å². The Kier molecular flexibility index (Phi) is 7.50. The van der Waals surface area contributed by atoms with Crippen molar-refractivity contribution in [2.24, 2.45) is 0 Å². The molecule has 1 atom stereocenters. The fourth-order valence-electron chi connectivity index (χ4n) is 2.71. The van der Waals surface area contributed by atoms with E-state index in [0.29, 0.717) is 5.02 Å². The van der Waals surface area contributed by atoms with Crippen molar-refractivity contribution < 1.29 is 27.5 Å². The van der Waals surface area contributed by atoms with Crippen LogP contribution in [-0.2, 0) is 24.3 Å². The van der Waals surface area contributed by atoms with Gasteiger partial charge in [-0.2, -0.15) is 4.31 Å². The average molecular weight is 488 g/mol. The van der Waals surface area contributed by atoms with E-state index in [1.807, 2.05) is 0 Å². The number of nitrogens with zero attached hydrogens (tertiary/aromatic N) is 2. The second-order valence-electron chi connectivity index (χ2n) is 6.56. The maximum atomic E-state index is 12.9. The number of carbonyl (C=O) groups excluding carboxylic acids is 2. The van der Waals surface area contributed by atoms with Gasteiger partial charge < -0.3 is 14.8 Å². The van der Waals surface area contributed by atoms with Crippen LogP contribution in [0.25, 0.3) is 0 Å². The van der Waals surface area contributed by atoms with E-state index < -0.39 is 28.0 Å². The van der Waals surface area contributed by atoms with Crippen LogP contribution in [0.3, 0.4) is 0 Å². The van der Waals surface area contributed by atoms with Gasteiger partial charge in [-0.25, -0.2) is 18.2 Å². The molecule has 1 aliphatic rings. The summed E-state index contributed by atoms with van der Waals surface area (Å²) in [6, 6.07) is 6.81. The lowest BCUT2D eigenvalue weighted by Gasteiger charge is -2.26. The minimum absolute atomic E-state index is 0.0253. The number of ether oxygens (including phenoxy) is 2. The second kappa shape index (κ2) is 9.92. The highest BCUT2D eigenvalue weighted by Crippen LogP contribution is 2.27. The summed E-state index contributed by atoms with van der Waals surface area (Å²) in [5.74, 6) is -1.25. The predicted molar refractivity (Wildman–Crippen MR) is 114 cm³/mol. The maximum Gasteiger partial charge on any atom is 0.338 e. The van der Waals surface area contributed by atoms with Crippen molar-refractivity contribution >= 4 is 50.9 Å². The van der Waals surface area contributed by atoms with Gasteiger partial charge in [-0.15, -0.1) is 0 Å². The van der Waals surface area contributed by atoms with Gasteiger partial charge in [0.25, 0.3) is 5.91 Å². The van der Waals surface area contributed by atoms with Crippen LogP contribution in [0.4, 0.5) is 5.82 Å². The molecule has 1 aromatic heterocycles. The van der Waals surface area contributed by atoms with Crippen LogP contribution in [-0.4, -0.2) is 62.0 Å². The van der Waals surface area contributed by atoms with Crippen molar-refractivity contribution in [2.45, 2.75) is 17.9 Å². The Hall–Kier alpha value is -2.24. The number of esters is 1. The van der Waals surface area contributed by atoms with Crippen LogP contribution in [0.5, 0.6) is 0 Å². The molecule has 1 unspecified atom stereocenters. The second-order valence-corrected chi connectivity index (χ2v) is 9.31. The van der Waals surface area contributed by atoms with Crippen molar-refractivity contribution in [2.75, 3.05) is 31.6 Å². The Labute approximate surface area is 189 Å². The molecule has 1 aromatic carbocycles. The minimum Gasteiger partial charge on any atom is -0.449 e. The van der Waals surface area contributed by atoms with E-state index in [4.69, 9.17) is 32.7 Å². The topological polar surface area (TPSA) is 115 Å². The number of anilines is 1. The summed E-state index contributed by atoms with van der Waals surface area (Å²) < 4.78 is 37.4. The number of halogens is 2. The number of morpholine rings is 1. The lowest BCUT2D eigenvalue weighted by molar-refractivity contribution is -0.123. The number of hydrogen-bond acceptors (Lipinski definition) is 7. The number of carbonyl (C=O) groups is 2. The van der Waals surface area contributed by atoms with Gasteiger partial charge in [0.1, 0.15) is 10.7 Å². The fourth-order valence-corrected chi connectivity index (χ4v) is 4.73. The predicted octanol–water partition coefficient (Wildman–Crippen LogP) is 2.59. The smallest absolute Gasteiger partial charge is 0.338 e. The van der Waals surface area contributed by atoms with Crippen molar-refractivity contribution in [3.63, 3.8) is 0 Å². The minimum atomic E-state index is -3.92. The first kappa shape index (κ1) is 23.4. The summed E-state index contributed by atoms with van der Waals surface area (Å²) in [6.07, 6.45) is 0.192. The number of nitrogens with one attached hydrogen (secondary N) is 1. The molecule has 0 bridgehead atoms. The lowest BCUT2D eigenvalue weighted by atomic mass is 10.2. The summed E-state index contributed by atoms with van der Waals surface area (Å²) in [5.41, 5.74) is -0.0551. The monoisotopic (exact) mass is 487 g/mol. The molecule has 12 heteroatoms. The Morgan fingerprint density at radius 2 is 1.90 bits per heavy atom. The van der Waals surface area contributed by atoms with Crippen LogP contribution < -0.4 is 5.32 Å². The van der Waals surface area contributed by atoms with E-state index in [9.17, 15) is 18.0 Å². The Balaban J connectivity index is 1.72. The molecule has 0 spiro atoms. The zero-order valence-corrected chi connectivity index (χ0v) is 18.7. The van der Waals surface area contributed by atoms with Gasteiger partial charge in [0.15, 0.2) is 6.10 Å². The van der Waals surface area contributed by atoms with Crippen molar-refractivity contribution in [3.8, 4) is 0 Å². The molecule has 0 radical (unpaired) electrons. The van der Waals surface area contributed by atoms with Gasteiger partial charge in [-0.05, 0) is 37.3 Å². The summed E-state index contributed by atoms with van der Waals surface area (Å²) in [6.45, 7) is 2.29. The molecular weight excluding hydrogens is 469 g/mol. The maximum absolute atomic E-state index is 12.9. The molecule has 0 saturated carbocycles. The number of hydrogen-bond donors (Lipinski definition) is 1. The summed E-state index contributed by atoms with van der Waals surface area (Å²) in [7, 11) is -3.92. The van der Waals surface area contributed by atoms with Crippen molar-refractivity contribution in [1.82, 2.24) is 9.29 Å². The van der Waals surface area contributed by atoms with E-state index in [2.05, 4.69) is 10.3 Å². The van der Waals surface area contributed by atoms with Crippen LogP contribution in [0.15, 0.2) is 41.4 Å². The highest BCUT2D eigenvalue weighted by molar-refractivity contribution is 7.89. The highest BCUT2D eigenvalue weighted by Gasteiger charge is 2.29. The third-order valence-electron chi connectivity index (χ3n) is 4.39. The van der Waals surface area contributed by atoms with E-state index >= 15 is 0 Å². The molecule has 1 amide bonds. The summed E-state index contributed by atoms with van der Waals surface area (Å²) in [4.78, 5) is 28.5. The number of aromatic nitrogens is 1. The zero-order chi connectivity index (χ0) is 22.6. The number of sulfonamides is 1. The molecule has 1 N–H and O–H groups in total. The molecule has 2 aromatic rings. The Morgan fingerprint density at radius 1 is 1.19 bits per heavy atom. The third kappa shape index (κ3) is 5.72. The largest absolute Gasteiger partial charge is 0.449 e. The Bertz CT molecular complexity index is 1070. The van der Waals surface area contributed by atoms with Gasteiger partial charge >= 0.3 is 5.97 Å². The average Bonchev–Trinajstić information content (AvgIpc) is 2.76. The standard InChI is InChI=1S/C19H19Cl2N3O6S/c1-12(18(25)23-17-5-3-14(20)11-22-17)30-19(26)13-2-4-15(21)16(10-13)31(27,28)24-6-8-29-9-7-24/h2-5,10-12H,6-9H2,1H3,(H,22,23,25). The molecule has 31 heavy (non-hydrogen) atoms. The van der Waals surface area contributed by atoms with E-state index in [1.165, 1.54) is 35.6 Å². The van der Waals surface area contributed by atoms with Crippen LogP contribution in [0.2, 0.25) is 10.0 Å². The molecule has 0 aliphatic carbocycles. The molecular formula is C19H19Cl2N3O6S. The first-order chi connectivity index (χ1) is 14.7. The van der Waals surface area contributed by atoms with Gasteiger partial charge in [0.2, 0.25) is 10.0 Å². The first-order valence-electron chi connectivity index (χ1n) is 9.19. The normalized spacial score (nSPS) is 15.8. The van der Waals surface area contributed by atoms with Crippen molar-refractivity contribution in [1.29, 1.82) is 0 Å². The lowest BCUT2D eigenvalue weighted by Crippen LogP contribution is -2.40. The molecule has 1 aliphatic heterocycles. The van der Waals surface area contributed by atoms with Gasteiger partial charge in [-0.3, -0.25) is 4.79 Å². The third-order valence-corrected chi connectivity index (χ3v) is 6.99. The Morgan fingerprint density at radius 3 is 2.55 bits per heavy atom. The highest BCUT2D eigenvalue weighted by atomic mass is 35.5. The summed E-state index contributed by atoms with van der Waals surface area (Å²) >= 11 is 11.8. The molecule has 2 heterocycles. The van der Waals surface area contributed by atoms with Crippen molar-refractivity contribution in [3.05, 3.63) is 52.1 Å². The van der Waals surface area contributed by atoms with E-state index in [-0.39, 0.29) is 47.6 Å². The zero-order valence-electron chi connectivity index (χ0n) is 16.4. The summed E-state index contributed by atoms with van der Waals surface area (Å²) in [5, 5.41) is 2.87. The van der Waals surface area contributed by atoms with Gasteiger partial charge in [-0.1, -0.05) is 23.2 Å². The van der Waals surface area contributed by atoms with Crippen LogP contribution in [0, 0.1) is 0 Å². The molecule has 9 nitrogen and oxygen atoms in total. The van der Waals surface area contributed by atoms with Gasteiger partial charge in [0.05, 0.1) is 28.8 Å². The molecule has 166 valence electrons. The van der Waals surface area contributed by atoms with Crippen LogP contribution >= 0.6 is 23.2 Å². The number of rotatable bonds is 6. The van der Waals surface area contributed by atoms with Crippen LogP contribution in [0.1, 0.15) is 17.3 Å². The number of benzene rings is 1. The first-order valence-corrected chi connectivity index (χ1v) is 11.4.